The lowest BCUT2D eigenvalue weighted by atomic mass is 9.99. The zero-order valence-electron chi connectivity index (χ0n) is 12.9. The molecule has 0 amide bonds. The van der Waals surface area contributed by atoms with Crippen molar-refractivity contribution >= 4 is 0 Å². The highest BCUT2D eigenvalue weighted by molar-refractivity contribution is 5.32. The molecule has 1 saturated heterocycles. The van der Waals surface area contributed by atoms with Gasteiger partial charge in [0, 0.05) is 39.9 Å². The lowest BCUT2D eigenvalue weighted by molar-refractivity contribution is -0.00461. The SMILES string of the molecule is COC1CN(CC(N)c2ccc(C)cc2C)CC1OC. The van der Waals surface area contributed by atoms with E-state index in [0.29, 0.717) is 0 Å². The molecule has 1 aromatic carbocycles. The van der Waals surface area contributed by atoms with Gasteiger partial charge in [-0.05, 0) is 25.0 Å². The van der Waals surface area contributed by atoms with Gasteiger partial charge in [0.05, 0.1) is 12.2 Å². The lowest BCUT2D eigenvalue weighted by Gasteiger charge is -2.22. The van der Waals surface area contributed by atoms with Gasteiger partial charge in [-0.2, -0.15) is 0 Å². The minimum atomic E-state index is 0.0312. The highest BCUT2D eigenvalue weighted by Gasteiger charge is 2.33. The van der Waals surface area contributed by atoms with E-state index in [1.165, 1.54) is 16.7 Å². The van der Waals surface area contributed by atoms with Crippen LogP contribution in [0.4, 0.5) is 0 Å². The van der Waals surface area contributed by atoms with E-state index in [2.05, 4.69) is 36.9 Å². The molecule has 1 aliphatic rings. The zero-order valence-corrected chi connectivity index (χ0v) is 12.9. The molecule has 1 heterocycles. The maximum Gasteiger partial charge on any atom is 0.0971 e. The number of aryl methyl sites for hydroxylation is 2. The van der Waals surface area contributed by atoms with E-state index in [-0.39, 0.29) is 18.2 Å². The number of likely N-dealkylation sites (tertiary alicyclic amines) is 1. The van der Waals surface area contributed by atoms with E-state index >= 15 is 0 Å². The summed E-state index contributed by atoms with van der Waals surface area (Å²) in [5.74, 6) is 0. The second-order valence-corrected chi connectivity index (χ2v) is 5.73. The zero-order chi connectivity index (χ0) is 14.7. The predicted molar refractivity (Wildman–Crippen MR) is 80.9 cm³/mol. The molecule has 20 heavy (non-hydrogen) atoms. The number of benzene rings is 1. The monoisotopic (exact) mass is 278 g/mol. The Hall–Kier alpha value is -0.940. The van der Waals surface area contributed by atoms with E-state index < -0.39 is 0 Å². The fourth-order valence-corrected chi connectivity index (χ4v) is 3.04. The van der Waals surface area contributed by atoms with Crippen LogP contribution in [-0.4, -0.2) is 51.0 Å². The molecular formula is C16H26N2O2. The molecule has 0 saturated carbocycles. The Morgan fingerprint density at radius 2 is 1.80 bits per heavy atom. The smallest absolute Gasteiger partial charge is 0.0971 e. The Labute approximate surface area is 121 Å². The van der Waals surface area contributed by atoms with Crippen LogP contribution < -0.4 is 5.73 Å². The Morgan fingerprint density at radius 1 is 1.20 bits per heavy atom. The molecule has 2 rings (SSSR count). The molecule has 1 fully saturated rings. The van der Waals surface area contributed by atoms with Gasteiger partial charge in [-0.1, -0.05) is 23.8 Å². The standard InChI is InChI=1S/C16H26N2O2/c1-11-5-6-13(12(2)7-11)14(17)8-18-9-15(19-3)16(10-18)20-4/h5-7,14-16H,8-10,17H2,1-4H3. The Bertz CT molecular complexity index is 438. The van der Waals surface area contributed by atoms with Crippen molar-refractivity contribution in [3.63, 3.8) is 0 Å². The molecule has 2 N–H and O–H groups in total. The van der Waals surface area contributed by atoms with Gasteiger partial charge in [-0.15, -0.1) is 0 Å². The van der Waals surface area contributed by atoms with Crippen molar-refractivity contribution in [3.05, 3.63) is 34.9 Å². The summed E-state index contributed by atoms with van der Waals surface area (Å²) >= 11 is 0. The van der Waals surface area contributed by atoms with Crippen LogP contribution in [0.2, 0.25) is 0 Å². The molecule has 1 aromatic rings. The molecular weight excluding hydrogens is 252 g/mol. The molecule has 3 unspecified atom stereocenters. The largest absolute Gasteiger partial charge is 0.377 e. The van der Waals surface area contributed by atoms with E-state index in [1.54, 1.807) is 14.2 Å². The van der Waals surface area contributed by atoms with Crippen LogP contribution in [0.1, 0.15) is 22.7 Å². The van der Waals surface area contributed by atoms with Crippen molar-refractivity contribution in [3.8, 4) is 0 Å². The number of methoxy groups -OCH3 is 2. The molecule has 4 heteroatoms. The van der Waals surface area contributed by atoms with Crippen LogP contribution >= 0.6 is 0 Å². The van der Waals surface area contributed by atoms with Gasteiger partial charge in [-0.3, -0.25) is 4.90 Å². The third-order valence-electron chi connectivity index (χ3n) is 4.18. The summed E-state index contributed by atoms with van der Waals surface area (Å²) in [4.78, 5) is 2.33. The molecule has 0 spiro atoms. The quantitative estimate of drug-likeness (QED) is 0.889. The molecule has 1 aliphatic heterocycles. The van der Waals surface area contributed by atoms with Gasteiger partial charge >= 0.3 is 0 Å². The number of nitrogens with two attached hydrogens (primary N) is 1. The Kier molecular flexibility index (Phi) is 5.16. The predicted octanol–water partition coefficient (Wildman–Crippen LogP) is 1.65. The summed E-state index contributed by atoms with van der Waals surface area (Å²) in [6, 6.07) is 6.49. The van der Waals surface area contributed by atoms with Crippen LogP contribution in [0.15, 0.2) is 18.2 Å². The van der Waals surface area contributed by atoms with Crippen molar-refractivity contribution in [2.45, 2.75) is 32.1 Å². The average molecular weight is 278 g/mol. The number of hydrogen-bond acceptors (Lipinski definition) is 4. The van der Waals surface area contributed by atoms with Crippen molar-refractivity contribution in [2.75, 3.05) is 33.9 Å². The van der Waals surface area contributed by atoms with E-state index in [0.717, 1.165) is 19.6 Å². The van der Waals surface area contributed by atoms with Crippen LogP contribution in [0.25, 0.3) is 0 Å². The van der Waals surface area contributed by atoms with Gasteiger partial charge in [0.1, 0.15) is 0 Å². The summed E-state index contributed by atoms with van der Waals surface area (Å²) in [5.41, 5.74) is 10.1. The molecule has 3 atom stereocenters. The van der Waals surface area contributed by atoms with Gasteiger partial charge in [0.25, 0.3) is 0 Å². The normalized spacial score (nSPS) is 25.1. The summed E-state index contributed by atoms with van der Waals surface area (Å²) in [7, 11) is 3.48. The number of rotatable bonds is 5. The van der Waals surface area contributed by atoms with Crippen molar-refractivity contribution < 1.29 is 9.47 Å². The van der Waals surface area contributed by atoms with Crippen LogP contribution in [0.5, 0.6) is 0 Å². The molecule has 0 bridgehead atoms. The van der Waals surface area contributed by atoms with Gasteiger partial charge in [0.15, 0.2) is 0 Å². The fraction of sp³-hybridized carbons (Fsp3) is 0.625. The first-order valence-corrected chi connectivity index (χ1v) is 7.15. The number of hydrogen-bond donors (Lipinski definition) is 1. The summed E-state index contributed by atoms with van der Waals surface area (Å²) < 4.78 is 10.9. The average Bonchev–Trinajstić information content (AvgIpc) is 2.80. The highest BCUT2D eigenvalue weighted by Crippen LogP contribution is 2.22. The molecule has 0 aromatic heterocycles. The maximum atomic E-state index is 6.38. The minimum Gasteiger partial charge on any atom is -0.377 e. The third kappa shape index (κ3) is 3.38. The van der Waals surface area contributed by atoms with E-state index in [9.17, 15) is 0 Å². The maximum absolute atomic E-state index is 6.38. The molecule has 0 radical (unpaired) electrons. The number of nitrogens with zero attached hydrogens (tertiary/aromatic N) is 1. The number of ether oxygens (including phenoxy) is 2. The van der Waals surface area contributed by atoms with Gasteiger partial charge < -0.3 is 15.2 Å². The second-order valence-electron chi connectivity index (χ2n) is 5.73. The third-order valence-corrected chi connectivity index (χ3v) is 4.18. The second kappa shape index (κ2) is 6.68. The molecule has 4 nitrogen and oxygen atoms in total. The summed E-state index contributed by atoms with van der Waals surface area (Å²) in [6.07, 6.45) is 0.289. The first-order chi connectivity index (χ1) is 9.55. The minimum absolute atomic E-state index is 0.0312. The van der Waals surface area contributed by atoms with E-state index in [4.69, 9.17) is 15.2 Å². The van der Waals surface area contributed by atoms with E-state index in [1.807, 2.05) is 0 Å². The summed E-state index contributed by atoms with van der Waals surface area (Å²) in [5, 5.41) is 0. The Morgan fingerprint density at radius 3 is 2.30 bits per heavy atom. The molecule has 112 valence electrons. The van der Waals surface area contributed by atoms with Gasteiger partial charge in [0.2, 0.25) is 0 Å². The summed E-state index contributed by atoms with van der Waals surface area (Å²) in [6.45, 7) is 6.84. The topological polar surface area (TPSA) is 47.7 Å². The Balaban J connectivity index is 2.00. The van der Waals surface area contributed by atoms with Gasteiger partial charge in [-0.25, -0.2) is 0 Å². The van der Waals surface area contributed by atoms with Crippen molar-refractivity contribution in [1.29, 1.82) is 0 Å². The first-order valence-electron chi connectivity index (χ1n) is 7.15. The molecule has 0 aliphatic carbocycles. The van der Waals surface area contributed by atoms with Crippen molar-refractivity contribution in [1.82, 2.24) is 4.90 Å². The fourth-order valence-electron chi connectivity index (χ4n) is 3.04. The van der Waals surface area contributed by atoms with Crippen LogP contribution in [0.3, 0.4) is 0 Å². The van der Waals surface area contributed by atoms with Crippen LogP contribution in [0, 0.1) is 13.8 Å². The highest BCUT2D eigenvalue weighted by atomic mass is 16.5. The lowest BCUT2D eigenvalue weighted by Crippen LogP contribution is -2.32. The van der Waals surface area contributed by atoms with Crippen molar-refractivity contribution in [2.24, 2.45) is 5.73 Å². The van der Waals surface area contributed by atoms with Crippen LogP contribution in [-0.2, 0) is 9.47 Å². The first kappa shape index (κ1) is 15.4.